The number of hydrogen-bond donors (Lipinski definition) is 3. The quantitative estimate of drug-likeness (QED) is 0.734. The predicted molar refractivity (Wildman–Crippen MR) is 68.6 cm³/mol. The van der Waals surface area contributed by atoms with Crippen LogP contribution in [-0.2, 0) is 6.18 Å². The molecule has 0 heterocycles. The van der Waals surface area contributed by atoms with Gasteiger partial charge in [0.15, 0.2) is 0 Å². The molecule has 102 valence electrons. The Bertz CT molecular complexity index is 412. The van der Waals surface area contributed by atoms with E-state index in [0.717, 1.165) is 6.07 Å². The maximum Gasteiger partial charge on any atom is 0.417 e. The number of aliphatic hydroxyl groups excluding tert-OH is 2. The first-order chi connectivity index (χ1) is 8.27. The van der Waals surface area contributed by atoms with Crippen molar-refractivity contribution in [3.8, 4) is 0 Å². The molecular weight excluding hydrogens is 333 g/mol. The van der Waals surface area contributed by atoms with Crippen molar-refractivity contribution < 1.29 is 23.4 Å². The monoisotopic (exact) mass is 344 g/mol. The molecule has 0 saturated carbocycles. The second-order valence-electron chi connectivity index (χ2n) is 3.76. The Kier molecular flexibility index (Phi) is 5.51. The first kappa shape index (κ1) is 15.8. The van der Waals surface area contributed by atoms with Gasteiger partial charge in [-0.2, -0.15) is 25.8 Å². The van der Waals surface area contributed by atoms with E-state index in [2.05, 4.69) is 28.6 Å². The zero-order valence-electron chi connectivity index (χ0n) is 9.15. The van der Waals surface area contributed by atoms with Crippen LogP contribution >= 0.6 is 28.6 Å². The van der Waals surface area contributed by atoms with E-state index in [4.69, 9.17) is 0 Å². The van der Waals surface area contributed by atoms with Gasteiger partial charge in [-0.3, -0.25) is 0 Å². The van der Waals surface area contributed by atoms with Crippen LogP contribution in [0.2, 0.25) is 0 Å². The molecule has 0 saturated heterocycles. The average molecular weight is 345 g/mol. The van der Waals surface area contributed by atoms with E-state index in [0.29, 0.717) is 5.75 Å². The molecule has 0 aliphatic heterocycles. The van der Waals surface area contributed by atoms with Gasteiger partial charge in [-0.25, -0.2) is 0 Å². The molecule has 0 aliphatic carbocycles. The number of thiol groups is 1. The van der Waals surface area contributed by atoms with Gasteiger partial charge < -0.3 is 10.2 Å². The second kappa shape index (κ2) is 6.27. The minimum absolute atomic E-state index is 0.0276. The first-order valence-electron chi connectivity index (χ1n) is 5.11. The van der Waals surface area contributed by atoms with Crippen molar-refractivity contribution >= 4 is 28.6 Å². The lowest BCUT2D eigenvalue weighted by Gasteiger charge is -2.19. The predicted octanol–water partition coefficient (Wildman–Crippen LogP) is 3.18. The van der Waals surface area contributed by atoms with Gasteiger partial charge in [-0.15, -0.1) is 0 Å². The Balaban J connectivity index is 3.05. The van der Waals surface area contributed by atoms with E-state index < -0.39 is 23.9 Å². The molecule has 0 bridgehead atoms. The highest BCUT2D eigenvalue weighted by Gasteiger charge is 2.34. The molecule has 2 nitrogen and oxygen atoms in total. The number of halogens is 4. The molecule has 2 N–H and O–H groups in total. The summed E-state index contributed by atoms with van der Waals surface area (Å²) in [6.07, 6.45) is -6.80. The Labute approximate surface area is 116 Å². The normalized spacial score (nSPS) is 15.5. The van der Waals surface area contributed by atoms with E-state index in [1.165, 1.54) is 12.1 Å². The largest absolute Gasteiger partial charge is 0.417 e. The molecule has 2 unspecified atom stereocenters. The van der Waals surface area contributed by atoms with Crippen LogP contribution in [0.4, 0.5) is 13.2 Å². The smallest absolute Gasteiger partial charge is 0.390 e. The highest BCUT2D eigenvalue weighted by atomic mass is 79.9. The standard InChI is InChI=1S/C11H12BrF3O2S/c12-8-2-1-6(5-7(8)11(13,14)15)10(17)9(16)3-4-18/h1-2,5,9-10,16-18H,3-4H2. The van der Waals surface area contributed by atoms with Gasteiger partial charge in [-0.1, -0.05) is 22.0 Å². The van der Waals surface area contributed by atoms with Crippen molar-refractivity contribution in [1.82, 2.24) is 0 Å². The average Bonchev–Trinajstić information content (AvgIpc) is 2.27. The highest BCUT2D eigenvalue weighted by molar-refractivity contribution is 9.10. The molecule has 18 heavy (non-hydrogen) atoms. The molecule has 1 aromatic carbocycles. The second-order valence-corrected chi connectivity index (χ2v) is 5.06. The lowest BCUT2D eigenvalue weighted by atomic mass is 10.0. The third kappa shape index (κ3) is 3.88. The summed E-state index contributed by atoms with van der Waals surface area (Å²) < 4.78 is 37.9. The Morgan fingerprint density at radius 1 is 1.28 bits per heavy atom. The van der Waals surface area contributed by atoms with Crippen LogP contribution in [0.3, 0.4) is 0 Å². The SMILES string of the molecule is OC(CCS)C(O)c1ccc(Br)c(C(F)(F)F)c1. The number of hydrogen-bond acceptors (Lipinski definition) is 3. The van der Waals surface area contributed by atoms with E-state index in [1.54, 1.807) is 0 Å². The molecule has 0 radical (unpaired) electrons. The minimum atomic E-state index is -4.51. The van der Waals surface area contributed by atoms with Crippen molar-refractivity contribution in [3.63, 3.8) is 0 Å². The van der Waals surface area contributed by atoms with E-state index >= 15 is 0 Å². The van der Waals surface area contributed by atoms with Crippen molar-refractivity contribution in [2.45, 2.75) is 24.8 Å². The van der Waals surface area contributed by atoms with Gasteiger partial charge in [-0.05, 0) is 29.9 Å². The summed E-state index contributed by atoms with van der Waals surface area (Å²) in [7, 11) is 0. The number of benzene rings is 1. The van der Waals surface area contributed by atoms with Gasteiger partial charge >= 0.3 is 6.18 Å². The molecule has 0 fully saturated rings. The molecule has 1 aromatic rings. The highest BCUT2D eigenvalue weighted by Crippen LogP contribution is 2.36. The summed E-state index contributed by atoms with van der Waals surface area (Å²) in [5, 5.41) is 19.3. The summed E-state index contributed by atoms with van der Waals surface area (Å²) in [4.78, 5) is 0. The third-order valence-electron chi connectivity index (χ3n) is 2.43. The van der Waals surface area contributed by atoms with Gasteiger partial charge in [0.05, 0.1) is 11.7 Å². The number of rotatable bonds is 4. The Morgan fingerprint density at radius 3 is 2.39 bits per heavy atom. The molecular formula is C11H12BrF3O2S. The lowest BCUT2D eigenvalue weighted by Crippen LogP contribution is -2.19. The van der Waals surface area contributed by atoms with Crippen molar-refractivity contribution in [2.75, 3.05) is 5.75 Å². The molecule has 0 aromatic heterocycles. The minimum Gasteiger partial charge on any atom is -0.390 e. The topological polar surface area (TPSA) is 40.5 Å². The van der Waals surface area contributed by atoms with Crippen LogP contribution in [0, 0.1) is 0 Å². The van der Waals surface area contributed by atoms with Gasteiger partial charge in [0, 0.05) is 4.47 Å². The van der Waals surface area contributed by atoms with E-state index in [1.807, 2.05) is 0 Å². The molecule has 2 atom stereocenters. The van der Waals surface area contributed by atoms with Crippen molar-refractivity contribution in [3.05, 3.63) is 33.8 Å². The summed E-state index contributed by atoms with van der Waals surface area (Å²) in [6.45, 7) is 0. The van der Waals surface area contributed by atoms with Crippen LogP contribution in [-0.4, -0.2) is 22.1 Å². The number of alkyl halides is 3. The number of aliphatic hydroxyl groups is 2. The molecule has 0 amide bonds. The summed E-state index contributed by atoms with van der Waals surface area (Å²) in [5.74, 6) is 0.334. The van der Waals surface area contributed by atoms with E-state index in [-0.39, 0.29) is 16.5 Å². The molecule has 0 aliphatic rings. The van der Waals surface area contributed by atoms with Crippen LogP contribution in [0.1, 0.15) is 23.7 Å². The fourth-order valence-corrected chi connectivity index (χ4v) is 2.19. The molecule has 1 rings (SSSR count). The maximum atomic E-state index is 12.7. The van der Waals surface area contributed by atoms with Gasteiger partial charge in [0.1, 0.15) is 6.10 Å². The molecule has 7 heteroatoms. The maximum absolute atomic E-state index is 12.7. The summed E-state index contributed by atoms with van der Waals surface area (Å²) in [6, 6.07) is 3.37. The fraction of sp³-hybridized carbons (Fsp3) is 0.455. The molecule has 0 spiro atoms. The van der Waals surface area contributed by atoms with Crippen LogP contribution < -0.4 is 0 Å². The fourth-order valence-electron chi connectivity index (χ4n) is 1.46. The van der Waals surface area contributed by atoms with Gasteiger partial charge in [0.25, 0.3) is 0 Å². The zero-order valence-corrected chi connectivity index (χ0v) is 11.6. The zero-order chi connectivity index (χ0) is 13.9. The third-order valence-corrected chi connectivity index (χ3v) is 3.38. The Hall–Kier alpha value is -0.240. The van der Waals surface area contributed by atoms with Crippen LogP contribution in [0.25, 0.3) is 0 Å². The Morgan fingerprint density at radius 2 is 1.89 bits per heavy atom. The summed E-state index contributed by atoms with van der Waals surface area (Å²) >= 11 is 6.70. The van der Waals surface area contributed by atoms with Crippen molar-refractivity contribution in [2.24, 2.45) is 0 Å². The lowest BCUT2D eigenvalue weighted by molar-refractivity contribution is -0.138. The van der Waals surface area contributed by atoms with Crippen LogP contribution in [0.15, 0.2) is 22.7 Å². The summed E-state index contributed by atoms with van der Waals surface area (Å²) in [5.41, 5.74) is -0.850. The van der Waals surface area contributed by atoms with E-state index in [9.17, 15) is 23.4 Å². The van der Waals surface area contributed by atoms with Gasteiger partial charge in [0.2, 0.25) is 0 Å². The van der Waals surface area contributed by atoms with Crippen LogP contribution in [0.5, 0.6) is 0 Å². The van der Waals surface area contributed by atoms with Crippen molar-refractivity contribution in [1.29, 1.82) is 0 Å². The first-order valence-corrected chi connectivity index (χ1v) is 6.53.